The molecule has 0 aliphatic heterocycles. The molecule has 4 rings (SSSR count). The summed E-state index contributed by atoms with van der Waals surface area (Å²) in [5.41, 5.74) is -1.43. The Labute approximate surface area is 244 Å². The molecule has 0 aliphatic rings. The summed E-state index contributed by atoms with van der Waals surface area (Å²) in [6, 6.07) is 15.2. The molecule has 0 saturated carbocycles. The summed E-state index contributed by atoms with van der Waals surface area (Å²) in [5, 5.41) is 14.1. The number of carboxylic acids is 1. The van der Waals surface area contributed by atoms with Gasteiger partial charge in [-0.05, 0) is 67.7 Å². The van der Waals surface area contributed by atoms with Gasteiger partial charge in [0.25, 0.3) is 0 Å². The SMILES string of the molecule is CN(C)CCCOc1ncc(-c2cccc3ccccc23)c(C(=O)O)n1.CNCc1cc(C(F)(F)F)cc(C(F)(F)F)c1. The van der Waals surface area contributed by atoms with E-state index in [0.29, 0.717) is 24.3 Å². The van der Waals surface area contributed by atoms with Crippen molar-refractivity contribution in [1.29, 1.82) is 0 Å². The van der Waals surface area contributed by atoms with Crippen molar-refractivity contribution in [2.24, 2.45) is 0 Å². The minimum atomic E-state index is -4.79. The highest BCUT2D eigenvalue weighted by Gasteiger charge is 2.36. The first-order valence-electron chi connectivity index (χ1n) is 13.0. The van der Waals surface area contributed by atoms with Gasteiger partial charge in [-0.3, -0.25) is 0 Å². The molecule has 4 aromatic rings. The number of aromatic carboxylic acids is 1. The number of benzene rings is 3. The number of aromatic nitrogens is 2. The van der Waals surface area contributed by atoms with E-state index >= 15 is 0 Å². The third-order valence-corrected chi connectivity index (χ3v) is 6.06. The van der Waals surface area contributed by atoms with Crippen LogP contribution in [-0.4, -0.2) is 60.2 Å². The molecule has 0 aliphatic carbocycles. The lowest BCUT2D eigenvalue weighted by Crippen LogP contribution is -2.16. The summed E-state index contributed by atoms with van der Waals surface area (Å²) in [7, 11) is 5.41. The van der Waals surface area contributed by atoms with Gasteiger partial charge in [-0.1, -0.05) is 42.5 Å². The van der Waals surface area contributed by atoms with E-state index in [1.54, 1.807) is 0 Å². The van der Waals surface area contributed by atoms with E-state index in [1.165, 1.54) is 13.2 Å². The normalized spacial score (nSPS) is 11.8. The second-order valence-corrected chi connectivity index (χ2v) is 9.70. The maximum Gasteiger partial charge on any atom is 0.416 e. The summed E-state index contributed by atoms with van der Waals surface area (Å²) >= 11 is 0. The van der Waals surface area contributed by atoms with Crippen LogP contribution in [0.2, 0.25) is 0 Å². The lowest BCUT2D eigenvalue weighted by Gasteiger charge is -2.13. The third kappa shape index (κ3) is 9.38. The maximum absolute atomic E-state index is 12.4. The molecular formula is C30H30F6N4O3. The first-order valence-corrected chi connectivity index (χ1v) is 13.0. The predicted octanol–water partition coefficient (Wildman–Crippen LogP) is 6.77. The Morgan fingerprint density at radius 3 is 2.14 bits per heavy atom. The average Bonchev–Trinajstić information content (AvgIpc) is 2.94. The van der Waals surface area contributed by atoms with Gasteiger partial charge in [0.2, 0.25) is 0 Å². The fraction of sp³-hybridized carbons (Fsp3) is 0.300. The van der Waals surface area contributed by atoms with Crippen molar-refractivity contribution >= 4 is 16.7 Å². The van der Waals surface area contributed by atoms with Crippen molar-refractivity contribution in [2.45, 2.75) is 25.3 Å². The Hall–Kier alpha value is -4.23. The number of nitrogens with one attached hydrogen (secondary N) is 1. The Balaban J connectivity index is 0.000000259. The second-order valence-electron chi connectivity index (χ2n) is 9.70. The molecule has 1 aromatic heterocycles. The second kappa shape index (κ2) is 14.3. The smallest absolute Gasteiger partial charge is 0.416 e. The van der Waals surface area contributed by atoms with Gasteiger partial charge in [0, 0.05) is 24.8 Å². The monoisotopic (exact) mass is 608 g/mol. The van der Waals surface area contributed by atoms with Crippen LogP contribution >= 0.6 is 0 Å². The number of nitrogens with zero attached hydrogens (tertiary/aromatic N) is 3. The minimum absolute atomic E-state index is 0.0565. The first kappa shape index (κ1) is 33.3. The number of hydrogen-bond donors (Lipinski definition) is 2. The molecule has 43 heavy (non-hydrogen) atoms. The van der Waals surface area contributed by atoms with Gasteiger partial charge in [-0.15, -0.1) is 0 Å². The van der Waals surface area contributed by atoms with Crippen LogP contribution in [0.1, 0.15) is 33.6 Å². The molecule has 0 atom stereocenters. The highest BCUT2D eigenvalue weighted by atomic mass is 19.4. The zero-order valence-corrected chi connectivity index (χ0v) is 23.6. The lowest BCUT2D eigenvalue weighted by atomic mass is 9.98. The number of ether oxygens (including phenoxy) is 1. The molecule has 7 nitrogen and oxygen atoms in total. The van der Waals surface area contributed by atoms with E-state index in [2.05, 4.69) is 20.2 Å². The van der Waals surface area contributed by atoms with Crippen molar-refractivity contribution in [3.8, 4) is 17.1 Å². The standard InChI is InChI=1S/C20H21N3O3.C10H9F6N/c1-23(2)11-6-12-26-20-21-13-17(18(22-20)19(24)25)16-10-5-8-14-7-3-4-9-15(14)16;1-17-5-6-2-7(9(11,12)13)4-8(3-6)10(14,15)16/h3-5,7-10,13H,6,11-12H2,1-2H3,(H,24,25);2-4,17H,5H2,1H3. The molecule has 0 unspecified atom stereocenters. The zero-order chi connectivity index (χ0) is 31.8. The van der Waals surface area contributed by atoms with E-state index in [4.69, 9.17) is 4.74 Å². The third-order valence-electron chi connectivity index (χ3n) is 6.06. The Morgan fingerprint density at radius 2 is 1.56 bits per heavy atom. The average molecular weight is 609 g/mol. The Bertz CT molecular complexity index is 1500. The van der Waals surface area contributed by atoms with Crippen LogP contribution in [0.25, 0.3) is 21.9 Å². The van der Waals surface area contributed by atoms with Crippen molar-refractivity contribution in [1.82, 2.24) is 20.2 Å². The number of carbonyl (C=O) groups is 1. The minimum Gasteiger partial charge on any atom is -0.476 e. The molecule has 0 saturated heterocycles. The molecular weight excluding hydrogens is 578 g/mol. The number of rotatable bonds is 9. The van der Waals surface area contributed by atoms with Crippen LogP contribution in [0.15, 0.2) is 66.9 Å². The number of hydrogen-bond acceptors (Lipinski definition) is 6. The Kier molecular flexibility index (Phi) is 11.1. The van der Waals surface area contributed by atoms with Gasteiger partial charge < -0.3 is 20.1 Å². The Morgan fingerprint density at radius 1 is 0.930 bits per heavy atom. The molecule has 3 aromatic carbocycles. The van der Waals surface area contributed by atoms with E-state index in [1.807, 2.05) is 56.6 Å². The highest BCUT2D eigenvalue weighted by Crippen LogP contribution is 2.36. The summed E-state index contributed by atoms with van der Waals surface area (Å²) in [4.78, 5) is 22.1. The van der Waals surface area contributed by atoms with Crippen LogP contribution in [-0.2, 0) is 18.9 Å². The maximum atomic E-state index is 12.4. The molecule has 0 amide bonds. The van der Waals surface area contributed by atoms with Crippen molar-refractivity contribution in [3.05, 3.63) is 89.2 Å². The van der Waals surface area contributed by atoms with Crippen LogP contribution < -0.4 is 10.1 Å². The number of fused-ring (bicyclic) bond motifs is 1. The van der Waals surface area contributed by atoms with Crippen molar-refractivity contribution in [3.63, 3.8) is 0 Å². The number of halogens is 6. The van der Waals surface area contributed by atoms with E-state index < -0.39 is 29.4 Å². The molecule has 13 heteroatoms. The largest absolute Gasteiger partial charge is 0.476 e. The number of alkyl halides is 6. The highest BCUT2D eigenvalue weighted by molar-refractivity contribution is 6.02. The summed E-state index contributed by atoms with van der Waals surface area (Å²) in [6.45, 7) is 1.25. The summed E-state index contributed by atoms with van der Waals surface area (Å²) in [5.74, 6) is -1.10. The van der Waals surface area contributed by atoms with E-state index in [-0.39, 0.29) is 29.9 Å². The molecule has 0 fully saturated rings. The molecule has 1 heterocycles. The van der Waals surface area contributed by atoms with Gasteiger partial charge in [0.1, 0.15) is 0 Å². The molecule has 230 valence electrons. The van der Waals surface area contributed by atoms with Crippen LogP contribution in [0.5, 0.6) is 6.01 Å². The fourth-order valence-corrected chi connectivity index (χ4v) is 4.13. The molecule has 2 N–H and O–H groups in total. The topological polar surface area (TPSA) is 87.6 Å². The quantitative estimate of drug-likeness (QED) is 0.160. The van der Waals surface area contributed by atoms with Gasteiger partial charge in [-0.25, -0.2) is 9.78 Å². The first-order chi connectivity index (χ1) is 20.2. The van der Waals surface area contributed by atoms with E-state index in [9.17, 15) is 36.2 Å². The zero-order valence-electron chi connectivity index (χ0n) is 23.6. The van der Waals surface area contributed by atoms with Gasteiger partial charge in [0.05, 0.1) is 17.7 Å². The lowest BCUT2D eigenvalue weighted by molar-refractivity contribution is -0.143. The van der Waals surface area contributed by atoms with Gasteiger partial charge >= 0.3 is 24.3 Å². The molecule has 0 bridgehead atoms. The van der Waals surface area contributed by atoms with Gasteiger partial charge in [0.15, 0.2) is 5.69 Å². The number of carboxylic acid groups (broad SMARTS) is 1. The summed E-state index contributed by atoms with van der Waals surface area (Å²) in [6.07, 6.45) is -7.24. The van der Waals surface area contributed by atoms with E-state index in [0.717, 1.165) is 29.3 Å². The van der Waals surface area contributed by atoms with Crippen LogP contribution in [0, 0.1) is 0 Å². The molecule has 0 spiro atoms. The van der Waals surface area contributed by atoms with Gasteiger partial charge in [-0.2, -0.15) is 31.3 Å². The van der Waals surface area contributed by atoms with Crippen LogP contribution in [0.3, 0.4) is 0 Å². The summed E-state index contributed by atoms with van der Waals surface area (Å²) < 4.78 is 79.8. The predicted molar refractivity (Wildman–Crippen MR) is 150 cm³/mol. The fourth-order valence-electron chi connectivity index (χ4n) is 4.13. The van der Waals surface area contributed by atoms with Crippen LogP contribution in [0.4, 0.5) is 26.3 Å². The molecule has 0 radical (unpaired) electrons. The van der Waals surface area contributed by atoms with Crippen molar-refractivity contribution in [2.75, 3.05) is 34.3 Å². The van der Waals surface area contributed by atoms with Crippen molar-refractivity contribution < 1.29 is 41.0 Å².